The number of Topliss-reactive ketones (excluding diaryl/α,β-unsaturated/α-hetero) is 1. The van der Waals surface area contributed by atoms with Crippen LogP contribution in [0.4, 0.5) is 11.4 Å². The second kappa shape index (κ2) is 7.30. The number of aliphatic hydroxyl groups excluding tert-OH is 1. The van der Waals surface area contributed by atoms with E-state index in [1.807, 2.05) is 50.2 Å². The molecule has 0 saturated carbocycles. The third-order valence-electron chi connectivity index (χ3n) is 8.25. The average Bonchev–Trinajstić information content (AvgIpc) is 3.28. The standard InChI is InChI=1S/C32H30N2O2/c1-17(29-31(3,4)21-13-9-10-14-22(21)33-29)24-27(35)25(28(24)36)18(2)30-32(5,6)26-20-12-8-7-11-19(20)15-16-23(26)34-30/h7-16,33,35H,1-6H3. The van der Waals surface area contributed by atoms with Gasteiger partial charge < -0.3 is 10.4 Å². The maximum absolute atomic E-state index is 13.6. The number of ketones is 1. The molecule has 0 radical (unpaired) electrons. The van der Waals surface area contributed by atoms with Gasteiger partial charge in [0.1, 0.15) is 5.76 Å². The highest BCUT2D eigenvalue weighted by atomic mass is 16.3. The van der Waals surface area contributed by atoms with Crippen molar-refractivity contribution < 1.29 is 9.90 Å². The lowest BCUT2D eigenvalue weighted by Gasteiger charge is -2.30. The second-order valence-corrected chi connectivity index (χ2v) is 11.1. The van der Waals surface area contributed by atoms with E-state index in [4.69, 9.17) is 4.99 Å². The van der Waals surface area contributed by atoms with Crippen LogP contribution in [-0.4, -0.2) is 16.6 Å². The molecule has 6 rings (SSSR count). The van der Waals surface area contributed by atoms with Crippen molar-refractivity contribution in [3.8, 4) is 0 Å². The van der Waals surface area contributed by atoms with Gasteiger partial charge in [-0.25, -0.2) is 0 Å². The van der Waals surface area contributed by atoms with E-state index in [1.54, 1.807) is 0 Å². The molecule has 1 aliphatic carbocycles. The molecule has 2 N–H and O–H groups in total. The molecule has 0 fully saturated rings. The number of rotatable bonds is 2. The first-order chi connectivity index (χ1) is 17.0. The summed E-state index contributed by atoms with van der Waals surface area (Å²) in [5.41, 5.74) is 7.73. The van der Waals surface area contributed by atoms with Crippen molar-refractivity contribution in [2.45, 2.75) is 52.4 Å². The normalized spacial score (nSPS) is 22.1. The summed E-state index contributed by atoms with van der Waals surface area (Å²) in [6.07, 6.45) is 0. The monoisotopic (exact) mass is 474 g/mol. The second-order valence-electron chi connectivity index (χ2n) is 11.1. The molecule has 0 saturated heterocycles. The van der Waals surface area contributed by atoms with Crippen molar-refractivity contribution >= 4 is 33.6 Å². The Morgan fingerprint density at radius 1 is 0.861 bits per heavy atom. The van der Waals surface area contributed by atoms with Crippen LogP contribution >= 0.6 is 0 Å². The van der Waals surface area contributed by atoms with Crippen LogP contribution in [0.3, 0.4) is 0 Å². The third kappa shape index (κ3) is 2.81. The summed E-state index contributed by atoms with van der Waals surface area (Å²) < 4.78 is 0. The highest BCUT2D eigenvalue weighted by Crippen LogP contribution is 2.50. The van der Waals surface area contributed by atoms with E-state index in [0.717, 1.165) is 33.9 Å². The van der Waals surface area contributed by atoms with Crippen molar-refractivity contribution in [3.63, 3.8) is 0 Å². The van der Waals surface area contributed by atoms with E-state index in [1.165, 1.54) is 21.9 Å². The molecule has 0 bridgehead atoms. The molecule has 2 heterocycles. The van der Waals surface area contributed by atoms with E-state index in [0.29, 0.717) is 11.1 Å². The zero-order valence-corrected chi connectivity index (χ0v) is 21.6. The van der Waals surface area contributed by atoms with Gasteiger partial charge in [-0.05, 0) is 59.0 Å². The number of aliphatic hydroxyl groups is 1. The molecule has 0 aromatic heterocycles. The molecule has 0 atom stereocenters. The van der Waals surface area contributed by atoms with Crippen molar-refractivity contribution in [2.75, 3.05) is 5.32 Å². The average molecular weight is 475 g/mol. The lowest BCUT2D eigenvalue weighted by Crippen LogP contribution is -2.33. The Morgan fingerprint density at radius 2 is 1.56 bits per heavy atom. The molecule has 3 aromatic carbocycles. The Bertz CT molecular complexity index is 1640. The highest BCUT2D eigenvalue weighted by molar-refractivity contribution is 6.27. The Kier molecular flexibility index (Phi) is 4.57. The van der Waals surface area contributed by atoms with Gasteiger partial charge in [0, 0.05) is 22.2 Å². The smallest absolute Gasteiger partial charge is 0.201 e. The summed E-state index contributed by atoms with van der Waals surface area (Å²) in [4.78, 5) is 18.5. The van der Waals surface area contributed by atoms with Crippen LogP contribution in [0, 0.1) is 0 Å². The van der Waals surface area contributed by atoms with Gasteiger partial charge >= 0.3 is 0 Å². The minimum absolute atomic E-state index is 0.0652. The number of nitrogens with zero attached hydrogens (tertiary/aromatic N) is 1. The topological polar surface area (TPSA) is 61.7 Å². The number of allylic oxidation sites excluding steroid dienone is 5. The maximum atomic E-state index is 13.6. The zero-order valence-electron chi connectivity index (χ0n) is 21.6. The number of benzene rings is 3. The minimum Gasteiger partial charge on any atom is -0.506 e. The number of hydrogen-bond donors (Lipinski definition) is 2. The molecule has 0 amide bonds. The van der Waals surface area contributed by atoms with E-state index >= 15 is 0 Å². The zero-order chi connectivity index (χ0) is 25.6. The fraction of sp³-hybridized carbons (Fsp3) is 0.250. The van der Waals surface area contributed by atoms with Gasteiger partial charge in [-0.3, -0.25) is 9.79 Å². The number of carbonyl (C=O) groups is 1. The van der Waals surface area contributed by atoms with Crippen LogP contribution < -0.4 is 5.32 Å². The van der Waals surface area contributed by atoms with Gasteiger partial charge in [-0.1, -0.05) is 76.2 Å². The Morgan fingerprint density at radius 3 is 2.28 bits per heavy atom. The lowest BCUT2D eigenvalue weighted by atomic mass is 9.72. The molecule has 4 heteroatoms. The quantitative estimate of drug-likeness (QED) is 0.376. The first-order valence-electron chi connectivity index (χ1n) is 12.4. The maximum Gasteiger partial charge on any atom is 0.201 e. The molecule has 2 aliphatic heterocycles. The number of carbonyl (C=O) groups excluding carboxylic acids is 1. The third-order valence-corrected chi connectivity index (χ3v) is 8.25. The van der Waals surface area contributed by atoms with Crippen LogP contribution in [0.1, 0.15) is 52.7 Å². The van der Waals surface area contributed by atoms with Gasteiger partial charge in [0.2, 0.25) is 5.78 Å². The fourth-order valence-electron chi connectivity index (χ4n) is 6.41. The molecule has 180 valence electrons. The number of aliphatic imine (C=N–C) groups is 1. The number of fused-ring (bicyclic) bond motifs is 4. The van der Waals surface area contributed by atoms with E-state index < -0.39 is 5.41 Å². The fourth-order valence-corrected chi connectivity index (χ4v) is 6.41. The Labute approximate surface area is 211 Å². The number of nitrogens with one attached hydrogen (secondary N) is 1. The van der Waals surface area contributed by atoms with Crippen molar-refractivity contribution in [1.82, 2.24) is 0 Å². The number of anilines is 1. The molecule has 36 heavy (non-hydrogen) atoms. The summed E-state index contributed by atoms with van der Waals surface area (Å²) in [5, 5.41) is 17.1. The van der Waals surface area contributed by atoms with E-state index in [9.17, 15) is 9.90 Å². The van der Waals surface area contributed by atoms with Crippen LogP contribution in [0.15, 0.2) is 99.4 Å². The molecule has 0 unspecified atom stereocenters. The van der Waals surface area contributed by atoms with E-state index in [2.05, 4.69) is 57.3 Å². The van der Waals surface area contributed by atoms with Gasteiger partial charge in [-0.2, -0.15) is 0 Å². The summed E-state index contributed by atoms with van der Waals surface area (Å²) >= 11 is 0. The van der Waals surface area contributed by atoms with Gasteiger partial charge in [0.15, 0.2) is 0 Å². The SMILES string of the molecule is CC(C1=Nc2ccc3ccccc3c2C1(C)C)=C1C(=O)C(C(C)=C2Nc3ccccc3C2(C)C)=C1O. The van der Waals surface area contributed by atoms with Crippen LogP contribution in [0.25, 0.3) is 10.8 Å². The molecule has 3 aliphatic rings. The van der Waals surface area contributed by atoms with Crippen LogP contribution in [-0.2, 0) is 15.6 Å². The molecular formula is C32H30N2O2. The lowest BCUT2D eigenvalue weighted by molar-refractivity contribution is -0.113. The molecular weight excluding hydrogens is 444 g/mol. The van der Waals surface area contributed by atoms with Crippen molar-refractivity contribution in [3.05, 3.63) is 106 Å². The Balaban J connectivity index is 1.44. The largest absolute Gasteiger partial charge is 0.506 e. The highest BCUT2D eigenvalue weighted by Gasteiger charge is 2.45. The van der Waals surface area contributed by atoms with Gasteiger partial charge in [0.25, 0.3) is 0 Å². The summed E-state index contributed by atoms with van der Waals surface area (Å²) in [6.45, 7) is 12.4. The van der Waals surface area contributed by atoms with Gasteiger partial charge in [-0.15, -0.1) is 0 Å². The molecule has 3 aromatic rings. The Hall–Kier alpha value is -3.92. The summed E-state index contributed by atoms with van der Waals surface area (Å²) in [7, 11) is 0. The van der Waals surface area contributed by atoms with Gasteiger partial charge in [0.05, 0.1) is 22.5 Å². The summed E-state index contributed by atoms with van der Waals surface area (Å²) in [6, 6.07) is 20.7. The number of para-hydroxylation sites is 1. The predicted octanol–water partition coefficient (Wildman–Crippen LogP) is 7.59. The van der Waals surface area contributed by atoms with E-state index in [-0.39, 0.29) is 17.0 Å². The van der Waals surface area contributed by atoms with Crippen molar-refractivity contribution in [1.29, 1.82) is 0 Å². The summed E-state index contributed by atoms with van der Waals surface area (Å²) in [5.74, 6) is -0.0572. The minimum atomic E-state index is -0.395. The number of hydrogen-bond acceptors (Lipinski definition) is 4. The predicted molar refractivity (Wildman–Crippen MR) is 147 cm³/mol. The molecule has 0 spiro atoms. The van der Waals surface area contributed by atoms with Crippen LogP contribution in [0.2, 0.25) is 0 Å². The van der Waals surface area contributed by atoms with Crippen LogP contribution in [0.5, 0.6) is 0 Å². The first kappa shape index (κ1) is 22.5. The molecule has 4 nitrogen and oxygen atoms in total. The first-order valence-corrected chi connectivity index (χ1v) is 12.4. The van der Waals surface area contributed by atoms with Crippen molar-refractivity contribution in [2.24, 2.45) is 4.99 Å².